The lowest BCUT2D eigenvalue weighted by molar-refractivity contribution is -0.135. The van der Waals surface area contributed by atoms with Crippen molar-refractivity contribution >= 4 is 23.2 Å². The molecule has 0 aliphatic carbocycles. The number of benzene rings is 2. The van der Waals surface area contributed by atoms with Gasteiger partial charge in [0, 0.05) is 17.8 Å². The number of rotatable bonds is 5. The SMILES string of the molecule is COc1cccc(NC(=O)C(C)(C)C(=O)Nc2ccc(F)cc2F)c1. The zero-order valence-electron chi connectivity index (χ0n) is 14.0. The Morgan fingerprint density at radius 1 is 1.00 bits per heavy atom. The summed E-state index contributed by atoms with van der Waals surface area (Å²) in [6, 6.07) is 9.42. The van der Waals surface area contributed by atoms with Gasteiger partial charge in [0.2, 0.25) is 11.8 Å². The highest BCUT2D eigenvalue weighted by Gasteiger charge is 2.36. The molecule has 0 fully saturated rings. The molecule has 132 valence electrons. The molecule has 5 nitrogen and oxygen atoms in total. The number of carbonyl (C=O) groups is 2. The molecule has 0 aliphatic rings. The van der Waals surface area contributed by atoms with Crippen molar-refractivity contribution < 1.29 is 23.1 Å². The third-order valence-corrected chi connectivity index (χ3v) is 3.64. The van der Waals surface area contributed by atoms with Crippen LogP contribution in [0.25, 0.3) is 0 Å². The van der Waals surface area contributed by atoms with Crippen LogP contribution in [0, 0.1) is 17.0 Å². The Hall–Kier alpha value is -2.96. The first-order chi connectivity index (χ1) is 11.7. The summed E-state index contributed by atoms with van der Waals surface area (Å²) in [6.45, 7) is 2.80. The van der Waals surface area contributed by atoms with Gasteiger partial charge in [-0.2, -0.15) is 0 Å². The molecular weight excluding hydrogens is 330 g/mol. The van der Waals surface area contributed by atoms with Crippen molar-refractivity contribution in [2.45, 2.75) is 13.8 Å². The molecule has 0 unspecified atom stereocenters. The first-order valence-corrected chi connectivity index (χ1v) is 7.46. The molecule has 0 saturated heterocycles. The molecule has 2 amide bonds. The van der Waals surface area contributed by atoms with Crippen molar-refractivity contribution in [2.75, 3.05) is 17.7 Å². The minimum Gasteiger partial charge on any atom is -0.497 e. The highest BCUT2D eigenvalue weighted by molar-refractivity contribution is 6.14. The van der Waals surface area contributed by atoms with E-state index in [0.717, 1.165) is 12.1 Å². The fourth-order valence-electron chi connectivity index (χ4n) is 1.96. The van der Waals surface area contributed by atoms with Crippen molar-refractivity contribution in [1.29, 1.82) is 0 Å². The molecule has 2 N–H and O–H groups in total. The zero-order chi connectivity index (χ0) is 18.6. The fraction of sp³-hybridized carbons (Fsp3) is 0.222. The van der Waals surface area contributed by atoms with E-state index in [1.165, 1.54) is 21.0 Å². The Labute approximate surface area is 144 Å². The third kappa shape index (κ3) is 4.32. The van der Waals surface area contributed by atoms with Crippen LogP contribution in [0.3, 0.4) is 0 Å². The summed E-state index contributed by atoms with van der Waals surface area (Å²) in [5, 5.41) is 4.91. The smallest absolute Gasteiger partial charge is 0.239 e. The number of hydrogen-bond acceptors (Lipinski definition) is 3. The van der Waals surface area contributed by atoms with Gasteiger partial charge in [-0.1, -0.05) is 6.07 Å². The second-order valence-electron chi connectivity index (χ2n) is 5.89. The summed E-state index contributed by atoms with van der Waals surface area (Å²) < 4.78 is 31.7. The number of methoxy groups -OCH3 is 1. The lowest BCUT2D eigenvalue weighted by Gasteiger charge is -2.23. The van der Waals surface area contributed by atoms with Gasteiger partial charge in [0.15, 0.2) is 0 Å². The van der Waals surface area contributed by atoms with Gasteiger partial charge in [-0.25, -0.2) is 8.78 Å². The Morgan fingerprint density at radius 2 is 1.68 bits per heavy atom. The van der Waals surface area contributed by atoms with E-state index in [2.05, 4.69) is 10.6 Å². The Bertz CT molecular complexity index is 807. The number of anilines is 2. The number of halogens is 2. The van der Waals surface area contributed by atoms with Crippen molar-refractivity contribution in [2.24, 2.45) is 5.41 Å². The molecule has 25 heavy (non-hydrogen) atoms. The van der Waals surface area contributed by atoms with Crippen LogP contribution in [0.5, 0.6) is 5.75 Å². The predicted octanol–water partition coefficient (Wildman–Crippen LogP) is 3.58. The van der Waals surface area contributed by atoms with Crippen LogP contribution in [0.1, 0.15) is 13.8 Å². The van der Waals surface area contributed by atoms with Crippen molar-refractivity contribution in [1.82, 2.24) is 0 Å². The lowest BCUT2D eigenvalue weighted by Crippen LogP contribution is -2.41. The highest BCUT2D eigenvalue weighted by Crippen LogP contribution is 2.24. The summed E-state index contributed by atoms with van der Waals surface area (Å²) in [6.07, 6.45) is 0. The van der Waals surface area contributed by atoms with Gasteiger partial charge in [-0.15, -0.1) is 0 Å². The minimum absolute atomic E-state index is 0.200. The molecule has 0 bridgehead atoms. The van der Waals surface area contributed by atoms with Gasteiger partial charge in [-0.05, 0) is 38.1 Å². The van der Waals surface area contributed by atoms with E-state index in [9.17, 15) is 18.4 Å². The van der Waals surface area contributed by atoms with Gasteiger partial charge in [-0.3, -0.25) is 9.59 Å². The molecular formula is C18H18F2N2O3. The van der Waals surface area contributed by atoms with E-state index in [1.807, 2.05) is 0 Å². The highest BCUT2D eigenvalue weighted by atomic mass is 19.1. The van der Waals surface area contributed by atoms with E-state index < -0.39 is 28.9 Å². The topological polar surface area (TPSA) is 67.4 Å². The quantitative estimate of drug-likeness (QED) is 0.812. The molecule has 2 aromatic carbocycles. The number of nitrogens with one attached hydrogen (secondary N) is 2. The molecule has 0 radical (unpaired) electrons. The van der Waals surface area contributed by atoms with E-state index in [1.54, 1.807) is 24.3 Å². The Morgan fingerprint density at radius 3 is 2.32 bits per heavy atom. The van der Waals surface area contributed by atoms with Gasteiger partial charge < -0.3 is 15.4 Å². The van der Waals surface area contributed by atoms with Crippen molar-refractivity contribution in [3.8, 4) is 5.75 Å². The normalized spacial score (nSPS) is 10.9. The maximum Gasteiger partial charge on any atom is 0.239 e. The number of hydrogen-bond donors (Lipinski definition) is 2. The van der Waals surface area contributed by atoms with E-state index in [0.29, 0.717) is 17.5 Å². The summed E-state index contributed by atoms with van der Waals surface area (Å²) in [5.41, 5.74) is -1.24. The number of carbonyl (C=O) groups excluding carboxylic acids is 2. The number of ether oxygens (including phenoxy) is 1. The van der Waals surface area contributed by atoms with Crippen LogP contribution >= 0.6 is 0 Å². The summed E-state index contributed by atoms with van der Waals surface area (Å²) in [5.74, 6) is -2.43. The number of amides is 2. The van der Waals surface area contributed by atoms with Gasteiger partial charge in [0.25, 0.3) is 0 Å². The van der Waals surface area contributed by atoms with Crippen LogP contribution in [-0.2, 0) is 9.59 Å². The van der Waals surface area contributed by atoms with E-state index in [-0.39, 0.29) is 5.69 Å². The lowest BCUT2D eigenvalue weighted by atomic mass is 9.90. The first-order valence-electron chi connectivity index (χ1n) is 7.46. The summed E-state index contributed by atoms with van der Waals surface area (Å²) in [7, 11) is 1.50. The molecule has 0 atom stereocenters. The molecule has 0 aliphatic heterocycles. The average molecular weight is 348 g/mol. The molecule has 0 saturated carbocycles. The second-order valence-corrected chi connectivity index (χ2v) is 5.89. The molecule has 2 rings (SSSR count). The third-order valence-electron chi connectivity index (χ3n) is 3.64. The predicted molar refractivity (Wildman–Crippen MR) is 90.4 cm³/mol. The largest absolute Gasteiger partial charge is 0.497 e. The van der Waals surface area contributed by atoms with Crippen LogP contribution in [0.15, 0.2) is 42.5 Å². The van der Waals surface area contributed by atoms with Gasteiger partial charge >= 0.3 is 0 Å². The summed E-state index contributed by atoms with van der Waals surface area (Å²) >= 11 is 0. The average Bonchev–Trinajstić information content (AvgIpc) is 2.57. The molecule has 0 aromatic heterocycles. The van der Waals surface area contributed by atoms with Gasteiger partial charge in [0.1, 0.15) is 22.8 Å². The Kier molecular flexibility index (Phi) is 5.36. The molecule has 0 heterocycles. The first kappa shape index (κ1) is 18.4. The monoisotopic (exact) mass is 348 g/mol. The van der Waals surface area contributed by atoms with Crippen molar-refractivity contribution in [3.63, 3.8) is 0 Å². The van der Waals surface area contributed by atoms with E-state index in [4.69, 9.17) is 4.74 Å². The minimum atomic E-state index is -1.50. The van der Waals surface area contributed by atoms with Crippen LogP contribution < -0.4 is 15.4 Å². The Balaban J connectivity index is 2.12. The summed E-state index contributed by atoms with van der Waals surface area (Å²) in [4.78, 5) is 24.8. The zero-order valence-corrected chi connectivity index (χ0v) is 14.0. The standard InChI is InChI=1S/C18H18F2N2O3/c1-18(2,16(23)21-12-5-4-6-13(10-12)25-3)17(24)22-15-8-7-11(19)9-14(15)20/h4-10H,1-3H3,(H,21,23)(H,22,24). The maximum absolute atomic E-state index is 13.7. The van der Waals surface area contributed by atoms with Crippen LogP contribution in [-0.4, -0.2) is 18.9 Å². The second kappa shape index (κ2) is 7.29. The van der Waals surface area contributed by atoms with Crippen LogP contribution in [0.4, 0.5) is 20.2 Å². The maximum atomic E-state index is 13.7. The van der Waals surface area contributed by atoms with Crippen LogP contribution in [0.2, 0.25) is 0 Å². The van der Waals surface area contributed by atoms with Gasteiger partial charge in [0.05, 0.1) is 12.8 Å². The molecule has 2 aromatic rings. The van der Waals surface area contributed by atoms with E-state index >= 15 is 0 Å². The molecule has 7 heteroatoms. The fourth-order valence-corrected chi connectivity index (χ4v) is 1.96. The van der Waals surface area contributed by atoms with Crippen molar-refractivity contribution in [3.05, 3.63) is 54.1 Å². The molecule has 0 spiro atoms.